The summed E-state index contributed by atoms with van der Waals surface area (Å²) in [5, 5.41) is 4.27. The van der Waals surface area contributed by atoms with Gasteiger partial charge in [0.2, 0.25) is 0 Å². The van der Waals surface area contributed by atoms with Gasteiger partial charge in [-0.2, -0.15) is 0 Å². The molecule has 0 aliphatic heterocycles. The number of carbonyl (C=O) groups is 1. The third-order valence-electron chi connectivity index (χ3n) is 1.85. The van der Waals surface area contributed by atoms with E-state index in [4.69, 9.17) is 16.1 Å². The molecule has 0 saturated heterocycles. The number of aldehydes is 1. The van der Waals surface area contributed by atoms with Crippen LogP contribution < -0.4 is 0 Å². The van der Waals surface area contributed by atoms with Crippen LogP contribution >= 0.6 is 11.6 Å². The summed E-state index contributed by atoms with van der Waals surface area (Å²) in [6, 6.07) is 7.16. The van der Waals surface area contributed by atoms with Gasteiger partial charge in [0, 0.05) is 5.56 Å². The van der Waals surface area contributed by atoms with Crippen molar-refractivity contribution < 1.29 is 9.32 Å². The van der Waals surface area contributed by atoms with E-state index in [9.17, 15) is 4.79 Å². The minimum Gasteiger partial charge on any atom is -0.363 e. The Kier molecular flexibility index (Phi) is 2.33. The zero-order chi connectivity index (χ0) is 9.97. The zero-order valence-electron chi connectivity index (χ0n) is 7.11. The van der Waals surface area contributed by atoms with Crippen molar-refractivity contribution >= 4 is 17.9 Å². The van der Waals surface area contributed by atoms with Crippen LogP contribution in [0.25, 0.3) is 11.3 Å². The molecule has 0 N–H and O–H groups in total. The number of benzene rings is 1. The molecule has 1 aromatic heterocycles. The van der Waals surface area contributed by atoms with Crippen LogP contribution in [0.15, 0.2) is 35.1 Å². The van der Waals surface area contributed by atoms with Crippen molar-refractivity contribution in [3.63, 3.8) is 0 Å². The molecule has 0 spiro atoms. The van der Waals surface area contributed by atoms with E-state index in [-0.39, 0.29) is 0 Å². The van der Waals surface area contributed by atoms with E-state index in [2.05, 4.69) is 5.16 Å². The summed E-state index contributed by atoms with van der Waals surface area (Å²) in [6.07, 6.45) is 1.99. The van der Waals surface area contributed by atoms with Crippen LogP contribution in [0.3, 0.4) is 0 Å². The molecule has 0 aliphatic rings. The molecule has 4 heteroatoms. The highest BCUT2D eigenvalue weighted by Crippen LogP contribution is 2.27. The molecular weight excluding hydrogens is 202 g/mol. The molecule has 1 heterocycles. The Hall–Kier alpha value is -1.61. The molecule has 0 bridgehead atoms. The topological polar surface area (TPSA) is 43.1 Å². The quantitative estimate of drug-likeness (QED) is 0.712. The number of halogens is 1. The van der Waals surface area contributed by atoms with Crippen LogP contribution in [-0.4, -0.2) is 11.4 Å². The molecule has 0 amide bonds. The van der Waals surface area contributed by atoms with Crippen LogP contribution in [0.4, 0.5) is 0 Å². The van der Waals surface area contributed by atoms with Gasteiger partial charge in [0.25, 0.3) is 0 Å². The average molecular weight is 208 g/mol. The van der Waals surface area contributed by atoms with Crippen molar-refractivity contribution in [3.8, 4) is 11.3 Å². The van der Waals surface area contributed by atoms with E-state index in [0.29, 0.717) is 28.1 Å². The SMILES string of the molecule is O=Cc1conc1-c1ccccc1Cl. The Morgan fingerprint density at radius 3 is 2.86 bits per heavy atom. The second-order valence-electron chi connectivity index (χ2n) is 2.72. The Labute approximate surface area is 85.3 Å². The van der Waals surface area contributed by atoms with E-state index >= 15 is 0 Å². The first-order chi connectivity index (χ1) is 6.83. The lowest BCUT2D eigenvalue weighted by molar-refractivity contribution is 0.112. The van der Waals surface area contributed by atoms with Crippen LogP contribution in [0.1, 0.15) is 10.4 Å². The molecule has 2 aromatic rings. The van der Waals surface area contributed by atoms with Gasteiger partial charge >= 0.3 is 0 Å². The molecule has 1 aromatic carbocycles. The minimum atomic E-state index is 0.401. The van der Waals surface area contributed by atoms with Crippen molar-refractivity contribution in [3.05, 3.63) is 41.1 Å². The van der Waals surface area contributed by atoms with Gasteiger partial charge in [-0.05, 0) is 6.07 Å². The fourth-order valence-electron chi connectivity index (χ4n) is 1.19. The molecule has 0 saturated carbocycles. The van der Waals surface area contributed by atoms with Crippen LogP contribution in [-0.2, 0) is 0 Å². The molecule has 14 heavy (non-hydrogen) atoms. The average Bonchev–Trinajstić information content (AvgIpc) is 2.66. The number of hydrogen-bond acceptors (Lipinski definition) is 3. The van der Waals surface area contributed by atoms with Gasteiger partial charge in [0.1, 0.15) is 12.0 Å². The largest absolute Gasteiger partial charge is 0.363 e. The molecular formula is C10H6ClNO2. The first-order valence-electron chi connectivity index (χ1n) is 3.97. The van der Waals surface area contributed by atoms with Crippen molar-refractivity contribution in [2.75, 3.05) is 0 Å². The molecule has 0 aliphatic carbocycles. The third kappa shape index (κ3) is 1.42. The second-order valence-corrected chi connectivity index (χ2v) is 3.12. The van der Waals surface area contributed by atoms with Gasteiger partial charge in [-0.3, -0.25) is 4.79 Å². The van der Waals surface area contributed by atoms with Crippen molar-refractivity contribution in [2.45, 2.75) is 0 Å². The fourth-order valence-corrected chi connectivity index (χ4v) is 1.41. The lowest BCUT2D eigenvalue weighted by atomic mass is 10.1. The first kappa shape index (κ1) is 8.97. The maximum atomic E-state index is 10.6. The molecule has 0 radical (unpaired) electrons. The minimum absolute atomic E-state index is 0.401. The summed E-state index contributed by atoms with van der Waals surface area (Å²) in [7, 11) is 0. The van der Waals surface area contributed by atoms with Crippen molar-refractivity contribution in [1.82, 2.24) is 5.16 Å². The van der Waals surface area contributed by atoms with Crippen molar-refractivity contribution in [1.29, 1.82) is 0 Å². The predicted molar refractivity (Wildman–Crippen MR) is 52.3 cm³/mol. The van der Waals surface area contributed by atoms with Gasteiger partial charge in [0.15, 0.2) is 6.29 Å². The number of aromatic nitrogens is 1. The Morgan fingerprint density at radius 1 is 1.36 bits per heavy atom. The van der Waals surface area contributed by atoms with Crippen molar-refractivity contribution in [2.24, 2.45) is 0 Å². The smallest absolute Gasteiger partial charge is 0.155 e. The summed E-state index contributed by atoms with van der Waals surface area (Å²) < 4.78 is 4.71. The highest BCUT2D eigenvalue weighted by Gasteiger charge is 2.11. The Bertz CT molecular complexity index is 465. The fraction of sp³-hybridized carbons (Fsp3) is 0. The highest BCUT2D eigenvalue weighted by atomic mass is 35.5. The normalized spacial score (nSPS) is 10.1. The molecule has 3 nitrogen and oxygen atoms in total. The van der Waals surface area contributed by atoms with Crippen LogP contribution in [0.2, 0.25) is 5.02 Å². The monoisotopic (exact) mass is 207 g/mol. The summed E-state index contributed by atoms with van der Waals surface area (Å²) in [5.74, 6) is 0. The Balaban J connectivity index is 2.60. The molecule has 0 unspecified atom stereocenters. The first-order valence-corrected chi connectivity index (χ1v) is 4.35. The molecule has 0 fully saturated rings. The molecule has 70 valence electrons. The van der Waals surface area contributed by atoms with E-state index in [1.807, 2.05) is 12.1 Å². The van der Waals surface area contributed by atoms with E-state index in [0.717, 1.165) is 0 Å². The number of nitrogens with zero attached hydrogens (tertiary/aromatic N) is 1. The predicted octanol–water partition coefficient (Wildman–Crippen LogP) is 2.81. The zero-order valence-corrected chi connectivity index (χ0v) is 7.86. The lowest BCUT2D eigenvalue weighted by Gasteiger charge is -1.98. The van der Waals surface area contributed by atoms with Crippen LogP contribution in [0.5, 0.6) is 0 Å². The third-order valence-corrected chi connectivity index (χ3v) is 2.18. The molecule has 2 rings (SSSR count). The number of carbonyl (C=O) groups excluding carboxylic acids is 1. The van der Waals surface area contributed by atoms with E-state index in [1.54, 1.807) is 12.1 Å². The highest BCUT2D eigenvalue weighted by molar-refractivity contribution is 6.33. The second kappa shape index (κ2) is 3.64. The van der Waals surface area contributed by atoms with Gasteiger partial charge in [-0.15, -0.1) is 0 Å². The summed E-state index contributed by atoms with van der Waals surface area (Å²) >= 11 is 5.95. The summed E-state index contributed by atoms with van der Waals surface area (Å²) in [4.78, 5) is 10.6. The summed E-state index contributed by atoms with van der Waals surface area (Å²) in [5.41, 5.74) is 1.58. The molecule has 0 atom stereocenters. The summed E-state index contributed by atoms with van der Waals surface area (Å²) in [6.45, 7) is 0. The number of rotatable bonds is 2. The lowest BCUT2D eigenvalue weighted by Crippen LogP contribution is -1.84. The van der Waals surface area contributed by atoms with Gasteiger partial charge in [-0.25, -0.2) is 0 Å². The van der Waals surface area contributed by atoms with Crippen LogP contribution in [0, 0.1) is 0 Å². The van der Waals surface area contributed by atoms with Gasteiger partial charge < -0.3 is 4.52 Å². The number of hydrogen-bond donors (Lipinski definition) is 0. The maximum absolute atomic E-state index is 10.6. The Morgan fingerprint density at radius 2 is 2.14 bits per heavy atom. The van der Waals surface area contributed by atoms with Gasteiger partial charge in [0.05, 0.1) is 10.6 Å². The van der Waals surface area contributed by atoms with E-state index < -0.39 is 0 Å². The van der Waals surface area contributed by atoms with Gasteiger partial charge in [-0.1, -0.05) is 35.0 Å². The van der Waals surface area contributed by atoms with E-state index in [1.165, 1.54) is 6.26 Å². The maximum Gasteiger partial charge on any atom is 0.155 e. The standard InChI is InChI=1S/C10H6ClNO2/c11-9-4-2-1-3-8(9)10-7(5-13)6-14-12-10/h1-6H.